The van der Waals surface area contributed by atoms with Gasteiger partial charge in [0.05, 0.1) is 17.7 Å². The number of nitrogens with zero attached hydrogens (tertiary/aromatic N) is 5. The fraction of sp³-hybridized carbons (Fsp3) is 0.167. The number of hydrogen-bond acceptors (Lipinski definition) is 6. The zero-order valence-electron chi connectivity index (χ0n) is 13.2. The zero-order valence-corrected chi connectivity index (χ0v) is 13.2. The number of hydrogen-bond donors (Lipinski definition) is 0. The summed E-state index contributed by atoms with van der Waals surface area (Å²) >= 11 is 0. The molecule has 0 radical (unpaired) electrons. The lowest BCUT2D eigenvalue weighted by Crippen LogP contribution is -2.35. The Balaban J connectivity index is 1.55. The van der Waals surface area contributed by atoms with Gasteiger partial charge in [0.25, 0.3) is 5.91 Å². The Morgan fingerprint density at radius 2 is 2.20 bits per heavy atom. The first kappa shape index (κ1) is 15.0. The highest BCUT2D eigenvalue weighted by atomic mass is 16.4. The lowest BCUT2D eigenvalue weighted by atomic mass is 10.1. The molecule has 4 heterocycles. The topological polar surface area (TPSA) is 95.9 Å². The third-order valence-corrected chi connectivity index (χ3v) is 4.05. The lowest BCUT2D eigenvalue weighted by Gasteiger charge is -2.25. The van der Waals surface area contributed by atoms with Crippen molar-refractivity contribution < 1.29 is 9.21 Å². The Labute approximate surface area is 143 Å². The summed E-state index contributed by atoms with van der Waals surface area (Å²) in [4.78, 5) is 26.9. The smallest absolute Gasteiger partial charge is 0.255 e. The molecule has 0 fully saturated rings. The van der Waals surface area contributed by atoms with Gasteiger partial charge in [0.1, 0.15) is 23.2 Å². The van der Waals surface area contributed by atoms with Crippen LogP contribution >= 0.6 is 0 Å². The number of oxazole rings is 1. The van der Waals surface area contributed by atoms with Crippen molar-refractivity contribution in [1.82, 2.24) is 19.9 Å². The number of carbonyl (C=O) groups is 1. The molecule has 0 bridgehead atoms. The second-order valence-corrected chi connectivity index (χ2v) is 5.65. The van der Waals surface area contributed by atoms with E-state index in [0.717, 1.165) is 17.0 Å². The average molecular weight is 331 g/mol. The Hall–Kier alpha value is -3.53. The molecule has 1 aliphatic heterocycles. The molecule has 1 amide bonds. The molecule has 0 saturated carbocycles. The number of pyridine rings is 2. The highest BCUT2D eigenvalue weighted by Crippen LogP contribution is 2.26. The normalized spacial score (nSPS) is 13.2. The van der Waals surface area contributed by atoms with Crippen LogP contribution in [0.1, 0.15) is 27.5 Å². The van der Waals surface area contributed by atoms with E-state index in [1.54, 1.807) is 29.4 Å². The molecule has 122 valence electrons. The molecule has 3 aromatic rings. The summed E-state index contributed by atoms with van der Waals surface area (Å²) < 4.78 is 5.82. The van der Waals surface area contributed by atoms with Gasteiger partial charge in [-0.25, -0.2) is 9.97 Å². The largest absolute Gasteiger partial charge is 0.441 e. The number of carbonyl (C=O) groups excluding carboxylic acids is 1. The molecule has 4 rings (SSSR count). The van der Waals surface area contributed by atoms with E-state index in [-0.39, 0.29) is 11.6 Å². The van der Waals surface area contributed by atoms with E-state index in [4.69, 9.17) is 9.68 Å². The Bertz CT molecular complexity index is 957. The van der Waals surface area contributed by atoms with Gasteiger partial charge in [-0.1, -0.05) is 0 Å². The van der Waals surface area contributed by atoms with Gasteiger partial charge in [-0.3, -0.25) is 9.78 Å². The van der Waals surface area contributed by atoms with E-state index >= 15 is 0 Å². The fourth-order valence-corrected chi connectivity index (χ4v) is 2.75. The number of amides is 1. The van der Waals surface area contributed by atoms with E-state index in [1.807, 2.05) is 18.2 Å². The minimum Gasteiger partial charge on any atom is -0.441 e. The Morgan fingerprint density at radius 3 is 2.92 bits per heavy atom. The van der Waals surface area contributed by atoms with Gasteiger partial charge in [-0.2, -0.15) is 5.26 Å². The third kappa shape index (κ3) is 2.85. The molecule has 0 spiro atoms. The molecule has 7 heteroatoms. The van der Waals surface area contributed by atoms with Crippen LogP contribution in [0.2, 0.25) is 0 Å². The average Bonchev–Trinajstić information content (AvgIpc) is 3.11. The third-order valence-electron chi connectivity index (χ3n) is 4.05. The molecule has 0 aromatic carbocycles. The van der Waals surface area contributed by atoms with Crippen LogP contribution in [-0.2, 0) is 13.0 Å². The van der Waals surface area contributed by atoms with Crippen LogP contribution in [0.25, 0.3) is 11.5 Å². The van der Waals surface area contributed by atoms with Crippen LogP contribution in [-0.4, -0.2) is 32.3 Å². The predicted octanol–water partition coefficient (Wildman–Crippen LogP) is 2.20. The molecule has 3 aromatic heterocycles. The van der Waals surface area contributed by atoms with Crippen LogP contribution in [0.5, 0.6) is 0 Å². The summed E-state index contributed by atoms with van der Waals surface area (Å²) in [6.45, 7) is 0.936. The zero-order chi connectivity index (χ0) is 17.2. The Kier molecular flexibility index (Phi) is 3.71. The summed E-state index contributed by atoms with van der Waals surface area (Å²) in [5.41, 5.74) is 2.32. The van der Waals surface area contributed by atoms with Crippen molar-refractivity contribution in [2.75, 3.05) is 6.54 Å². The maximum atomic E-state index is 12.6. The SMILES string of the molecule is N#Cc1ccc(C(=O)N2CCc3oc(-c4cccnc4)nc3C2)cn1. The van der Waals surface area contributed by atoms with Gasteiger partial charge in [-0.05, 0) is 24.3 Å². The maximum absolute atomic E-state index is 12.6. The fourth-order valence-electron chi connectivity index (χ4n) is 2.75. The van der Waals surface area contributed by atoms with Gasteiger partial charge < -0.3 is 9.32 Å². The minimum atomic E-state index is -0.131. The molecule has 25 heavy (non-hydrogen) atoms. The van der Waals surface area contributed by atoms with E-state index in [0.29, 0.717) is 31.0 Å². The molecule has 0 atom stereocenters. The first-order valence-electron chi connectivity index (χ1n) is 7.79. The van der Waals surface area contributed by atoms with Crippen LogP contribution in [0.3, 0.4) is 0 Å². The molecule has 0 unspecified atom stereocenters. The summed E-state index contributed by atoms with van der Waals surface area (Å²) in [5.74, 6) is 1.20. The van der Waals surface area contributed by atoms with E-state index < -0.39 is 0 Å². The first-order chi connectivity index (χ1) is 12.2. The van der Waals surface area contributed by atoms with Gasteiger partial charge in [0.2, 0.25) is 5.89 Å². The van der Waals surface area contributed by atoms with Crippen molar-refractivity contribution >= 4 is 5.91 Å². The van der Waals surface area contributed by atoms with Crippen molar-refractivity contribution in [3.05, 3.63) is 65.6 Å². The van der Waals surface area contributed by atoms with Gasteiger partial charge in [0.15, 0.2) is 0 Å². The second kappa shape index (κ2) is 6.17. The minimum absolute atomic E-state index is 0.131. The molecule has 1 aliphatic rings. The summed E-state index contributed by atoms with van der Waals surface area (Å²) in [7, 11) is 0. The highest BCUT2D eigenvalue weighted by molar-refractivity contribution is 5.94. The molecule has 7 nitrogen and oxygen atoms in total. The summed E-state index contributed by atoms with van der Waals surface area (Å²) in [6.07, 6.45) is 5.43. The highest BCUT2D eigenvalue weighted by Gasteiger charge is 2.26. The van der Waals surface area contributed by atoms with E-state index in [9.17, 15) is 4.79 Å². The van der Waals surface area contributed by atoms with Crippen molar-refractivity contribution in [3.63, 3.8) is 0 Å². The second-order valence-electron chi connectivity index (χ2n) is 5.65. The molecular weight excluding hydrogens is 318 g/mol. The first-order valence-corrected chi connectivity index (χ1v) is 7.79. The summed E-state index contributed by atoms with van der Waals surface area (Å²) in [5, 5.41) is 8.79. The monoisotopic (exact) mass is 331 g/mol. The van der Waals surface area contributed by atoms with Crippen molar-refractivity contribution in [2.45, 2.75) is 13.0 Å². The van der Waals surface area contributed by atoms with E-state index in [2.05, 4.69) is 15.0 Å². The molecular formula is C18H13N5O2. The number of aromatic nitrogens is 3. The van der Waals surface area contributed by atoms with Crippen LogP contribution < -0.4 is 0 Å². The van der Waals surface area contributed by atoms with Gasteiger partial charge in [-0.15, -0.1) is 0 Å². The van der Waals surface area contributed by atoms with Gasteiger partial charge >= 0.3 is 0 Å². The van der Waals surface area contributed by atoms with E-state index in [1.165, 1.54) is 6.20 Å². The van der Waals surface area contributed by atoms with Crippen molar-refractivity contribution in [2.24, 2.45) is 0 Å². The van der Waals surface area contributed by atoms with Crippen LogP contribution in [0.15, 0.2) is 47.3 Å². The predicted molar refractivity (Wildman–Crippen MR) is 87.1 cm³/mol. The molecule has 0 aliphatic carbocycles. The van der Waals surface area contributed by atoms with Gasteiger partial charge in [0, 0.05) is 31.6 Å². The Morgan fingerprint density at radius 1 is 1.28 bits per heavy atom. The van der Waals surface area contributed by atoms with Crippen LogP contribution in [0, 0.1) is 11.3 Å². The molecule has 0 N–H and O–H groups in total. The quantitative estimate of drug-likeness (QED) is 0.714. The maximum Gasteiger partial charge on any atom is 0.255 e. The van der Waals surface area contributed by atoms with Crippen molar-refractivity contribution in [3.8, 4) is 17.5 Å². The van der Waals surface area contributed by atoms with Crippen LogP contribution in [0.4, 0.5) is 0 Å². The standard InChI is InChI=1S/C18H13N5O2/c19-8-14-4-3-13(10-21-14)18(24)23-7-5-16-15(11-23)22-17(25-16)12-2-1-6-20-9-12/h1-4,6,9-10H,5,7,11H2. The number of rotatable bonds is 2. The van der Waals surface area contributed by atoms with Crippen molar-refractivity contribution in [1.29, 1.82) is 5.26 Å². The molecule has 0 saturated heterocycles. The number of nitriles is 1. The lowest BCUT2D eigenvalue weighted by molar-refractivity contribution is 0.0727. The number of fused-ring (bicyclic) bond motifs is 1. The summed E-state index contributed by atoms with van der Waals surface area (Å²) in [6, 6.07) is 8.81.